The van der Waals surface area contributed by atoms with Gasteiger partial charge in [0.15, 0.2) is 0 Å². The van der Waals surface area contributed by atoms with E-state index >= 15 is 0 Å². The van der Waals surface area contributed by atoms with E-state index in [0.29, 0.717) is 12.5 Å². The third-order valence-electron chi connectivity index (χ3n) is 5.19. The Bertz CT molecular complexity index is 726. The first-order valence-electron chi connectivity index (χ1n) is 9.61. The minimum atomic E-state index is -0.402. The van der Waals surface area contributed by atoms with Crippen LogP contribution in [0.15, 0.2) is 48.5 Å². The van der Waals surface area contributed by atoms with Gasteiger partial charge in [-0.1, -0.05) is 56.5 Å². The number of ether oxygens (including phenoxy) is 1. The number of anilines is 1. The molecule has 0 saturated heterocycles. The summed E-state index contributed by atoms with van der Waals surface area (Å²) in [6.07, 6.45) is 4.03. The summed E-state index contributed by atoms with van der Waals surface area (Å²) in [5, 5.41) is 3.14. The van der Waals surface area contributed by atoms with Gasteiger partial charge in [-0.15, -0.1) is 0 Å². The fourth-order valence-electron chi connectivity index (χ4n) is 3.65. The fourth-order valence-corrected chi connectivity index (χ4v) is 3.65. The molecule has 1 aliphatic rings. The number of hydrogen-bond donors (Lipinski definition) is 1. The largest absolute Gasteiger partial charge is 0.493 e. The fraction of sp³-hybridized carbons (Fsp3) is 0.435. The SMILES string of the molecule is Cc1ccc(C2(C(=O)Nc3ccc(OCC(C)C)cc3)CCCC2)cc1. The van der Waals surface area contributed by atoms with Gasteiger partial charge in [0.1, 0.15) is 5.75 Å². The van der Waals surface area contributed by atoms with E-state index in [1.165, 1.54) is 5.56 Å². The van der Waals surface area contributed by atoms with Crippen molar-refractivity contribution in [3.05, 3.63) is 59.7 Å². The number of aryl methyl sites for hydroxylation is 1. The van der Waals surface area contributed by atoms with Gasteiger partial charge in [-0.2, -0.15) is 0 Å². The zero-order valence-electron chi connectivity index (χ0n) is 16.0. The van der Waals surface area contributed by atoms with E-state index in [0.717, 1.165) is 42.7 Å². The van der Waals surface area contributed by atoms with Crippen molar-refractivity contribution in [2.24, 2.45) is 5.92 Å². The second kappa shape index (κ2) is 7.94. The molecule has 0 heterocycles. The normalized spacial score (nSPS) is 15.8. The van der Waals surface area contributed by atoms with Gasteiger partial charge in [0.25, 0.3) is 0 Å². The molecule has 0 unspecified atom stereocenters. The molecule has 0 atom stereocenters. The molecule has 1 fully saturated rings. The lowest BCUT2D eigenvalue weighted by molar-refractivity contribution is -0.121. The molecule has 1 saturated carbocycles. The van der Waals surface area contributed by atoms with E-state index < -0.39 is 5.41 Å². The monoisotopic (exact) mass is 351 g/mol. The van der Waals surface area contributed by atoms with Gasteiger partial charge < -0.3 is 10.1 Å². The number of amides is 1. The summed E-state index contributed by atoms with van der Waals surface area (Å²) in [4.78, 5) is 13.2. The van der Waals surface area contributed by atoms with Crippen LogP contribution in [0, 0.1) is 12.8 Å². The molecule has 1 amide bonds. The zero-order chi connectivity index (χ0) is 18.6. The average molecular weight is 351 g/mol. The Morgan fingerprint density at radius 2 is 1.65 bits per heavy atom. The molecule has 0 spiro atoms. The summed E-state index contributed by atoms with van der Waals surface area (Å²) in [5.74, 6) is 1.44. The van der Waals surface area contributed by atoms with Crippen molar-refractivity contribution in [2.45, 2.75) is 51.9 Å². The molecule has 3 rings (SSSR count). The van der Waals surface area contributed by atoms with Gasteiger partial charge in [-0.05, 0) is 55.5 Å². The van der Waals surface area contributed by atoms with E-state index in [2.05, 4.69) is 50.4 Å². The molecule has 3 nitrogen and oxygen atoms in total. The van der Waals surface area contributed by atoms with Gasteiger partial charge >= 0.3 is 0 Å². The predicted molar refractivity (Wildman–Crippen MR) is 107 cm³/mol. The summed E-state index contributed by atoms with van der Waals surface area (Å²) < 4.78 is 5.71. The van der Waals surface area contributed by atoms with Gasteiger partial charge in [-0.3, -0.25) is 4.79 Å². The Morgan fingerprint density at radius 3 is 2.23 bits per heavy atom. The molecule has 3 heteroatoms. The highest BCUT2D eigenvalue weighted by molar-refractivity contribution is 5.99. The summed E-state index contributed by atoms with van der Waals surface area (Å²) >= 11 is 0. The number of nitrogens with one attached hydrogen (secondary N) is 1. The van der Waals surface area contributed by atoms with E-state index in [1.54, 1.807) is 0 Å². The molecule has 1 aliphatic carbocycles. The molecule has 26 heavy (non-hydrogen) atoms. The molecule has 0 bridgehead atoms. The van der Waals surface area contributed by atoms with E-state index in [9.17, 15) is 4.79 Å². The molecule has 0 aliphatic heterocycles. The summed E-state index contributed by atoms with van der Waals surface area (Å²) in [5.41, 5.74) is 2.78. The smallest absolute Gasteiger partial charge is 0.235 e. The molecule has 0 radical (unpaired) electrons. The molecular formula is C23H29NO2. The summed E-state index contributed by atoms with van der Waals surface area (Å²) in [7, 11) is 0. The molecule has 138 valence electrons. The van der Waals surface area contributed by atoms with Gasteiger partial charge in [0.05, 0.1) is 12.0 Å². The van der Waals surface area contributed by atoms with Crippen LogP contribution < -0.4 is 10.1 Å². The standard InChI is InChI=1S/C23H29NO2/c1-17(2)16-26-21-12-10-20(11-13-21)24-22(25)23(14-4-5-15-23)19-8-6-18(3)7-9-19/h6-13,17H,4-5,14-16H2,1-3H3,(H,24,25). The van der Waals surface area contributed by atoms with Crippen molar-refractivity contribution in [2.75, 3.05) is 11.9 Å². The second-order valence-electron chi connectivity index (χ2n) is 7.84. The summed E-state index contributed by atoms with van der Waals surface area (Å²) in [6, 6.07) is 16.1. The Morgan fingerprint density at radius 1 is 1.04 bits per heavy atom. The lowest BCUT2D eigenvalue weighted by Crippen LogP contribution is -2.38. The van der Waals surface area contributed by atoms with Crippen LogP contribution in [0.3, 0.4) is 0 Å². The third-order valence-corrected chi connectivity index (χ3v) is 5.19. The number of carbonyl (C=O) groups excluding carboxylic acids is 1. The quantitative estimate of drug-likeness (QED) is 0.748. The minimum Gasteiger partial charge on any atom is -0.493 e. The van der Waals surface area contributed by atoms with Crippen LogP contribution >= 0.6 is 0 Å². The van der Waals surface area contributed by atoms with Crippen molar-refractivity contribution in [1.82, 2.24) is 0 Å². The van der Waals surface area contributed by atoms with Crippen molar-refractivity contribution in [3.63, 3.8) is 0 Å². The van der Waals surface area contributed by atoms with E-state index in [4.69, 9.17) is 4.74 Å². The first kappa shape index (κ1) is 18.5. The topological polar surface area (TPSA) is 38.3 Å². The van der Waals surface area contributed by atoms with Crippen molar-refractivity contribution in [3.8, 4) is 5.75 Å². The molecule has 2 aromatic rings. The number of carbonyl (C=O) groups is 1. The van der Waals surface area contributed by atoms with Crippen LogP contribution in [-0.2, 0) is 10.2 Å². The van der Waals surface area contributed by atoms with Crippen LogP contribution in [0.5, 0.6) is 5.75 Å². The van der Waals surface area contributed by atoms with Crippen molar-refractivity contribution >= 4 is 11.6 Å². The highest BCUT2D eigenvalue weighted by atomic mass is 16.5. The van der Waals surface area contributed by atoms with Crippen LogP contribution in [0.1, 0.15) is 50.7 Å². The number of benzene rings is 2. The van der Waals surface area contributed by atoms with Crippen LogP contribution in [-0.4, -0.2) is 12.5 Å². The third kappa shape index (κ3) is 4.09. The highest BCUT2D eigenvalue weighted by Crippen LogP contribution is 2.42. The van der Waals surface area contributed by atoms with Crippen LogP contribution in [0.25, 0.3) is 0 Å². The zero-order valence-corrected chi connectivity index (χ0v) is 16.0. The van der Waals surface area contributed by atoms with Crippen molar-refractivity contribution < 1.29 is 9.53 Å². The summed E-state index contributed by atoms with van der Waals surface area (Å²) in [6.45, 7) is 7.03. The van der Waals surface area contributed by atoms with E-state index in [-0.39, 0.29) is 5.91 Å². The molecular weight excluding hydrogens is 322 g/mol. The lowest BCUT2D eigenvalue weighted by Gasteiger charge is -2.28. The molecule has 0 aromatic heterocycles. The lowest BCUT2D eigenvalue weighted by atomic mass is 9.77. The van der Waals surface area contributed by atoms with Crippen molar-refractivity contribution in [1.29, 1.82) is 0 Å². The first-order valence-corrected chi connectivity index (χ1v) is 9.61. The van der Waals surface area contributed by atoms with Crippen LogP contribution in [0.2, 0.25) is 0 Å². The minimum absolute atomic E-state index is 0.106. The maximum Gasteiger partial charge on any atom is 0.235 e. The number of rotatable bonds is 6. The van der Waals surface area contributed by atoms with Gasteiger partial charge in [0.2, 0.25) is 5.91 Å². The average Bonchev–Trinajstić information content (AvgIpc) is 3.13. The Labute approximate surface area is 156 Å². The van der Waals surface area contributed by atoms with Gasteiger partial charge in [-0.25, -0.2) is 0 Å². The second-order valence-corrected chi connectivity index (χ2v) is 7.84. The Balaban J connectivity index is 1.73. The maximum atomic E-state index is 13.2. The van der Waals surface area contributed by atoms with E-state index in [1.807, 2.05) is 24.3 Å². The Hall–Kier alpha value is -2.29. The maximum absolute atomic E-state index is 13.2. The van der Waals surface area contributed by atoms with Gasteiger partial charge in [0, 0.05) is 5.69 Å². The number of hydrogen-bond acceptors (Lipinski definition) is 2. The Kier molecular flexibility index (Phi) is 5.65. The highest BCUT2D eigenvalue weighted by Gasteiger charge is 2.42. The molecule has 1 N–H and O–H groups in total. The molecule has 2 aromatic carbocycles. The predicted octanol–water partition coefficient (Wildman–Crippen LogP) is 5.48. The van der Waals surface area contributed by atoms with Crippen LogP contribution in [0.4, 0.5) is 5.69 Å². The first-order chi connectivity index (χ1) is 12.5.